The summed E-state index contributed by atoms with van der Waals surface area (Å²) in [6, 6.07) is 6.28. The van der Waals surface area contributed by atoms with Crippen LogP contribution in [0, 0.1) is 0 Å². The Morgan fingerprint density at radius 3 is 2.44 bits per heavy atom. The summed E-state index contributed by atoms with van der Waals surface area (Å²) in [6.45, 7) is 8.28. The standard InChI is InChI=1S/C15H21BO2/c1-14(2)15(3,4)18-16(17-14)13-9-8-11-6-5-7-12(11)10-13/h8-10H,5-7H2,1-4H3/i6D. The lowest BCUT2D eigenvalue weighted by Gasteiger charge is -2.32. The summed E-state index contributed by atoms with van der Waals surface area (Å²) in [5, 5.41) is 0. The van der Waals surface area contributed by atoms with Crippen LogP contribution in [0.4, 0.5) is 0 Å². The minimum atomic E-state index is -0.297. The molecule has 1 atom stereocenters. The summed E-state index contributed by atoms with van der Waals surface area (Å²) < 4.78 is 20.1. The quantitative estimate of drug-likeness (QED) is 0.707. The molecule has 1 unspecified atom stereocenters. The number of benzene rings is 1. The largest absolute Gasteiger partial charge is 0.494 e. The van der Waals surface area contributed by atoms with Gasteiger partial charge in [-0.3, -0.25) is 0 Å². The first kappa shape index (κ1) is 11.1. The molecule has 2 nitrogen and oxygen atoms in total. The highest BCUT2D eigenvalue weighted by molar-refractivity contribution is 6.62. The minimum Gasteiger partial charge on any atom is -0.399 e. The van der Waals surface area contributed by atoms with Crippen LogP contribution in [0.1, 0.15) is 46.6 Å². The van der Waals surface area contributed by atoms with E-state index in [9.17, 15) is 0 Å². The molecule has 1 fully saturated rings. The molecule has 0 saturated carbocycles. The van der Waals surface area contributed by atoms with Crippen LogP contribution in [0.25, 0.3) is 0 Å². The molecule has 0 N–H and O–H groups in total. The van der Waals surface area contributed by atoms with Gasteiger partial charge in [-0.15, -0.1) is 0 Å². The predicted molar refractivity (Wildman–Crippen MR) is 74.2 cm³/mol. The van der Waals surface area contributed by atoms with Crippen LogP contribution >= 0.6 is 0 Å². The van der Waals surface area contributed by atoms with Crippen molar-refractivity contribution in [3.63, 3.8) is 0 Å². The molecule has 0 amide bonds. The fraction of sp³-hybridized carbons (Fsp3) is 0.600. The van der Waals surface area contributed by atoms with E-state index in [0.29, 0.717) is 0 Å². The molecule has 2 aliphatic rings. The summed E-state index contributed by atoms with van der Waals surface area (Å²) >= 11 is 0. The van der Waals surface area contributed by atoms with Gasteiger partial charge < -0.3 is 9.31 Å². The Hall–Kier alpha value is -0.795. The van der Waals surface area contributed by atoms with E-state index in [2.05, 4.69) is 39.8 Å². The van der Waals surface area contributed by atoms with Crippen molar-refractivity contribution in [2.75, 3.05) is 0 Å². The highest BCUT2D eigenvalue weighted by atomic mass is 16.7. The molecule has 0 radical (unpaired) electrons. The first-order valence-corrected chi connectivity index (χ1v) is 6.71. The molecule has 96 valence electrons. The maximum atomic E-state index is 7.96. The van der Waals surface area contributed by atoms with Crippen molar-refractivity contribution in [2.24, 2.45) is 0 Å². The first-order valence-electron chi connectivity index (χ1n) is 7.28. The van der Waals surface area contributed by atoms with Gasteiger partial charge >= 0.3 is 7.12 Å². The highest BCUT2D eigenvalue weighted by Crippen LogP contribution is 2.36. The zero-order chi connectivity index (χ0) is 13.8. The molecule has 1 aliphatic heterocycles. The number of aryl methyl sites for hydroxylation is 2. The number of hydrogen-bond donors (Lipinski definition) is 0. The molecule has 18 heavy (non-hydrogen) atoms. The first-order chi connectivity index (χ1) is 8.80. The molecule has 0 aromatic heterocycles. The Labute approximate surface area is 111 Å². The molecule has 1 heterocycles. The molecule has 1 saturated heterocycles. The fourth-order valence-electron chi connectivity index (χ4n) is 2.55. The van der Waals surface area contributed by atoms with Crippen LogP contribution in [-0.4, -0.2) is 18.3 Å². The van der Waals surface area contributed by atoms with Crippen molar-refractivity contribution >= 4 is 12.6 Å². The molecular weight excluding hydrogens is 223 g/mol. The average Bonchev–Trinajstić information content (AvgIpc) is 2.78. The lowest BCUT2D eigenvalue weighted by atomic mass is 9.78. The highest BCUT2D eigenvalue weighted by Gasteiger charge is 2.51. The second-order valence-corrected chi connectivity index (χ2v) is 6.29. The maximum Gasteiger partial charge on any atom is 0.494 e. The van der Waals surface area contributed by atoms with Crippen LogP contribution in [0.15, 0.2) is 18.2 Å². The molecule has 3 heteroatoms. The number of hydrogen-bond acceptors (Lipinski definition) is 2. The third-order valence-corrected chi connectivity index (χ3v) is 4.47. The lowest BCUT2D eigenvalue weighted by Crippen LogP contribution is -2.41. The van der Waals surface area contributed by atoms with Crippen molar-refractivity contribution in [3.8, 4) is 0 Å². The van der Waals surface area contributed by atoms with Crippen LogP contribution in [0.5, 0.6) is 0 Å². The van der Waals surface area contributed by atoms with E-state index in [1.165, 1.54) is 11.1 Å². The van der Waals surface area contributed by atoms with Gasteiger partial charge in [0.2, 0.25) is 0 Å². The van der Waals surface area contributed by atoms with Crippen molar-refractivity contribution in [2.45, 2.75) is 58.1 Å². The molecular formula is C15H21BO2. The van der Waals surface area contributed by atoms with Gasteiger partial charge in [0.25, 0.3) is 0 Å². The molecule has 0 bridgehead atoms. The van der Waals surface area contributed by atoms with E-state index in [1.54, 1.807) is 0 Å². The second kappa shape index (κ2) is 3.85. The van der Waals surface area contributed by atoms with Gasteiger partial charge in [0.15, 0.2) is 0 Å². The van der Waals surface area contributed by atoms with E-state index in [0.717, 1.165) is 18.3 Å². The van der Waals surface area contributed by atoms with Crippen LogP contribution < -0.4 is 5.46 Å². The van der Waals surface area contributed by atoms with Gasteiger partial charge in [-0.25, -0.2) is 0 Å². The molecule has 3 rings (SSSR count). The van der Waals surface area contributed by atoms with Gasteiger partial charge in [0.1, 0.15) is 0 Å². The van der Waals surface area contributed by atoms with Crippen LogP contribution in [-0.2, 0) is 22.1 Å². The summed E-state index contributed by atoms with van der Waals surface area (Å²) in [4.78, 5) is 0. The molecule has 1 aromatic rings. The lowest BCUT2D eigenvalue weighted by molar-refractivity contribution is 0.00578. The Morgan fingerprint density at radius 1 is 1.11 bits per heavy atom. The predicted octanol–water partition coefficient (Wildman–Crippen LogP) is 2.47. The number of rotatable bonds is 1. The third-order valence-electron chi connectivity index (χ3n) is 4.47. The topological polar surface area (TPSA) is 18.5 Å². The Bertz CT molecular complexity index is 497. The third kappa shape index (κ3) is 1.81. The monoisotopic (exact) mass is 245 g/mol. The molecule has 1 aromatic carbocycles. The average molecular weight is 245 g/mol. The minimum absolute atomic E-state index is 0.0534. The van der Waals surface area contributed by atoms with Gasteiger partial charge in [-0.1, -0.05) is 18.2 Å². The Balaban J connectivity index is 1.89. The van der Waals surface area contributed by atoms with Crippen molar-refractivity contribution in [3.05, 3.63) is 29.3 Å². The van der Waals surface area contributed by atoms with E-state index >= 15 is 0 Å². The van der Waals surface area contributed by atoms with Gasteiger partial charge in [-0.05, 0) is 63.5 Å². The van der Waals surface area contributed by atoms with Gasteiger partial charge in [-0.2, -0.15) is 0 Å². The summed E-state index contributed by atoms with van der Waals surface area (Å²) in [7, 11) is -0.292. The summed E-state index contributed by atoms with van der Waals surface area (Å²) in [6.07, 6.45) is 1.88. The van der Waals surface area contributed by atoms with E-state index in [1.807, 2.05) is 6.07 Å². The zero-order valence-electron chi connectivity index (χ0n) is 12.6. The van der Waals surface area contributed by atoms with Crippen molar-refractivity contribution in [1.82, 2.24) is 0 Å². The maximum absolute atomic E-state index is 7.96. The normalized spacial score (nSPS) is 29.2. The van der Waals surface area contributed by atoms with Crippen molar-refractivity contribution in [1.29, 1.82) is 0 Å². The van der Waals surface area contributed by atoms with Gasteiger partial charge in [0.05, 0.1) is 11.2 Å². The second-order valence-electron chi connectivity index (χ2n) is 6.29. The summed E-state index contributed by atoms with van der Waals surface area (Å²) in [5.41, 5.74) is 2.93. The van der Waals surface area contributed by atoms with E-state index in [4.69, 9.17) is 10.7 Å². The SMILES string of the molecule is [2H]C1CCc2cc(B3OC(C)(C)C(C)(C)O3)ccc21. The fourth-order valence-corrected chi connectivity index (χ4v) is 2.55. The van der Waals surface area contributed by atoms with Crippen LogP contribution in [0.3, 0.4) is 0 Å². The van der Waals surface area contributed by atoms with Crippen molar-refractivity contribution < 1.29 is 10.7 Å². The van der Waals surface area contributed by atoms with E-state index < -0.39 is 0 Å². The van der Waals surface area contributed by atoms with E-state index in [-0.39, 0.29) is 24.7 Å². The molecule has 1 aliphatic carbocycles. The summed E-state index contributed by atoms with van der Waals surface area (Å²) in [5.74, 6) is 0. The van der Waals surface area contributed by atoms with Gasteiger partial charge in [0, 0.05) is 1.37 Å². The molecule has 0 spiro atoms. The smallest absolute Gasteiger partial charge is 0.399 e. The zero-order valence-corrected chi connectivity index (χ0v) is 11.6. The number of fused-ring (bicyclic) bond motifs is 1. The van der Waals surface area contributed by atoms with Crippen LogP contribution in [0.2, 0.25) is 0 Å². The Morgan fingerprint density at radius 2 is 1.78 bits per heavy atom. The Kier molecular flexibility index (Phi) is 2.37.